The summed E-state index contributed by atoms with van der Waals surface area (Å²) in [5.41, 5.74) is 3.43. The molecular weight excluding hydrogens is 442 g/mol. The second-order valence-corrected chi connectivity index (χ2v) is 9.05. The van der Waals surface area contributed by atoms with Gasteiger partial charge in [-0.05, 0) is 38.1 Å². The van der Waals surface area contributed by atoms with Gasteiger partial charge in [0.05, 0.1) is 17.7 Å². The summed E-state index contributed by atoms with van der Waals surface area (Å²) < 4.78 is 3.50. The first-order valence-electron chi connectivity index (χ1n) is 10.3. The highest BCUT2D eigenvalue weighted by Crippen LogP contribution is 2.29. The molecule has 0 atom stereocenters. The van der Waals surface area contributed by atoms with Crippen LogP contribution < -0.4 is 5.56 Å². The van der Waals surface area contributed by atoms with E-state index in [2.05, 4.69) is 24.0 Å². The average molecular weight is 462 g/mol. The molecule has 160 valence electrons. The Morgan fingerprint density at radius 1 is 1.03 bits per heavy atom. The molecule has 5 aromatic rings. The van der Waals surface area contributed by atoms with E-state index in [1.807, 2.05) is 41.8 Å². The van der Waals surface area contributed by atoms with Gasteiger partial charge in [0.2, 0.25) is 0 Å². The Labute approximate surface area is 193 Å². The van der Waals surface area contributed by atoms with Gasteiger partial charge in [-0.2, -0.15) is 0 Å². The number of aromatic nitrogens is 5. The van der Waals surface area contributed by atoms with Crippen LogP contribution in [-0.2, 0) is 13.0 Å². The molecular formula is C24H20ClN5OS. The molecule has 3 heterocycles. The van der Waals surface area contributed by atoms with Crippen LogP contribution in [0.25, 0.3) is 27.4 Å². The van der Waals surface area contributed by atoms with Crippen LogP contribution in [0.5, 0.6) is 0 Å². The Bertz CT molecular complexity index is 1470. The summed E-state index contributed by atoms with van der Waals surface area (Å²) in [4.78, 5) is 28.7. The number of rotatable bonds is 5. The monoisotopic (exact) mass is 461 g/mol. The number of hydrogen-bond donors (Lipinski definition) is 0. The van der Waals surface area contributed by atoms with Crippen molar-refractivity contribution >= 4 is 34.1 Å². The molecule has 0 unspecified atom stereocenters. The zero-order valence-electron chi connectivity index (χ0n) is 17.6. The van der Waals surface area contributed by atoms with E-state index in [0.29, 0.717) is 40.7 Å². The Hall–Kier alpha value is -3.29. The van der Waals surface area contributed by atoms with Crippen molar-refractivity contribution in [3.05, 3.63) is 92.7 Å². The van der Waals surface area contributed by atoms with Gasteiger partial charge in [0.15, 0.2) is 11.2 Å². The predicted molar refractivity (Wildman–Crippen MR) is 129 cm³/mol. The van der Waals surface area contributed by atoms with Gasteiger partial charge in [-0.1, -0.05) is 41.9 Å². The molecule has 6 nitrogen and oxygen atoms in total. The van der Waals surface area contributed by atoms with E-state index in [4.69, 9.17) is 21.6 Å². The summed E-state index contributed by atoms with van der Waals surface area (Å²) in [6.07, 6.45) is 2.09. The van der Waals surface area contributed by atoms with E-state index in [1.165, 1.54) is 0 Å². The van der Waals surface area contributed by atoms with Crippen LogP contribution >= 0.6 is 22.9 Å². The Morgan fingerprint density at radius 2 is 1.78 bits per heavy atom. The van der Waals surface area contributed by atoms with Crippen molar-refractivity contribution in [1.82, 2.24) is 24.1 Å². The molecule has 0 spiro atoms. The van der Waals surface area contributed by atoms with Gasteiger partial charge in [-0.15, -0.1) is 11.3 Å². The Morgan fingerprint density at radius 3 is 2.50 bits per heavy atom. The van der Waals surface area contributed by atoms with Gasteiger partial charge in [0.1, 0.15) is 10.8 Å². The SMILES string of the molecule is CCn1cnc2c(=O)n(-c3ccc(Cl)cc3)c(Cc3nc(-c4ccccc4)sc3C)nc21. The quantitative estimate of drug-likeness (QED) is 0.357. The van der Waals surface area contributed by atoms with Crippen molar-refractivity contribution in [2.45, 2.75) is 26.8 Å². The fourth-order valence-corrected chi connectivity index (χ4v) is 4.75. The largest absolute Gasteiger partial charge is 0.315 e. The minimum atomic E-state index is -0.198. The third kappa shape index (κ3) is 3.63. The van der Waals surface area contributed by atoms with Gasteiger partial charge >= 0.3 is 0 Å². The molecule has 0 radical (unpaired) electrons. The lowest BCUT2D eigenvalue weighted by atomic mass is 10.2. The summed E-state index contributed by atoms with van der Waals surface area (Å²) in [6, 6.07) is 17.3. The smallest absolute Gasteiger partial charge is 0.286 e. The first kappa shape index (κ1) is 20.6. The van der Waals surface area contributed by atoms with Crippen LogP contribution in [0.2, 0.25) is 5.02 Å². The van der Waals surface area contributed by atoms with Crippen molar-refractivity contribution in [3.63, 3.8) is 0 Å². The number of imidazole rings is 1. The third-order valence-electron chi connectivity index (χ3n) is 5.37. The standard InChI is InChI=1S/C24H20ClN5OS/c1-3-29-14-26-21-22(29)28-20(30(24(21)31)18-11-9-17(25)10-12-18)13-19-15(2)32-23(27-19)16-7-5-4-6-8-16/h4-12,14H,3,13H2,1-2H3. The Balaban J connectivity index is 1.68. The van der Waals surface area contributed by atoms with Crippen LogP contribution in [0, 0.1) is 6.92 Å². The number of nitrogens with zero attached hydrogens (tertiary/aromatic N) is 5. The van der Waals surface area contributed by atoms with Crippen molar-refractivity contribution in [3.8, 4) is 16.3 Å². The lowest BCUT2D eigenvalue weighted by molar-refractivity contribution is 0.764. The number of benzene rings is 2. The van der Waals surface area contributed by atoms with E-state index in [1.54, 1.807) is 34.4 Å². The molecule has 0 bridgehead atoms. The highest BCUT2D eigenvalue weighted by Gasteiger charge is 2.19. The maximum Gasteiger partial charge on any atom is 0.286 e. The minimum Gasteiger partial charge on any atom is -0.315 e. The van der Waals surface area contributed by atoms with Crippen molar-refractivity contribution in [1.29, 1.82) is 0 Å². The first-order chi connectivity index (χ1) is 15.5. The average Bonchev–Trinajstić information content (AvgIpc) is 3.39. The van der Waals surface area contributed by atoms with E-state index < -0.39 is 0 Å². The number of fused-ring (bicyclic) bond motifs is 1. The van der Waals surface area contributed by atoms with E-state index in [0.717, 1.165) is 21.1 Å². The number of halogens is 1. The summed E-state index contributed by atoms with van der Waals surface area (Å²) in [5.74, 6) is 0.619. The molecule has 0 aliphatic heterocycles. The van der Waals surface area contributed by atoms with Crippen molar-refractivity contribution < 1.29 is 0 Å². The molecule has 0 fully saturated rings. The van der Waals surface area contributed by atoms with Gasteiger partial charge < -0.3 is 4.57 Å². The normalized spacial score (nSPS) is 11.3. The highest BCUT2D eigenvalue weighted by atomic mass is 35.5. The summed E-state index contributed by atoms with van der Waals surface area (Å²) in [7, 11) is 0. The van der Waals surface area contributed by atoms with Gasteiger partial charge in [0, 0.05) is 28.4 Å². The molecule has 0 aliphatic carbocycles. The second-order valence-electron chi connectivity index (χ2n) is 7.41. The number of aryl methyl sites for hydroxylation is 2. The molecule has 0 amide bonds. The zero-order valence-corrected chi connectivity index (χ0v) is 19.2. The van der Waals surface area contributed by atoms with E-state index in [9.17, 15) is 4.79 Å². The van der Waals surface area contributed by atoms with E-state index >= 15 is 0 Å². The molecule has 3 aromatic heterocycles. The zero-order chi connectivity index (χ0) is 22.2. The fraction of sp³-hybridized carbons (Fsp3) is 0.167. The van der Waals surface area contributed by atoms with Gasteiger partial charge in [-0.3, -0.25) is 9.36 Å². The Kier molecular flexibility index (Phi) is 5.36. The van der Waals surface area contributed by atoms with Gasteiger partial charge in [-0.25, -0.2) is 15.0 Å². The topological polar surface area (TPSA) is 65.6 Å². The molecule has 5 rings (SSSR count). The molecule has 8 heteroatoms. The van der Waals surface area contributed by atoms with Crippen LogP contribution in [0.15, 0.2) is 65.7 Å². The minimum absolute atomic E-state index is 0.198. The maximum atomic E-state index is 13.5. The third-order valence-corrected chi connectivity index (χ3v) is 6.69. The number of thiazole rings is 1. The maximum absolute atomic E-state index is 13.5. The lowest BCUT2D eigenvalue weighted by Crippen LogP contribution is -2.25. The van der Waals surface area contributed by atoms with Crippen LogP contribution in [0.1, 0.15) is 23.3 Å². The van der Waals surface area contributed by atoms with Crippen molar-refractivity contribution in [2.75, 3.05) is 0 Å². The summed E-state index contributed by atoms with van der Waals surface area (Å²) in [5, 5.41) is 1.56. The molecule has 32 heavy (non-hydrogen) atoms. The second kappa shape index (κ2) is 8.33. The number of hydrogen-bond acceptors (Lipinski definition) is 5. The summed E-state index contributed by atoms with van der Waals surface area (Å²) >= 11 is 7.73. The molecule has 0 aliphatic rings. The predicted octanol–water partition coefficient (Wildman–Crippen LogP) is 5.28. The fourth-order valence-electron chi connectivity index (χ4n) is 3.69. The summed E-state index contributed by atoms with van der Waals surface area (Å²) in [6.45, 7) is 4.74. The van der Waals surface area contributed by atoms with Crippen molar-refractivity contribution in [2.24, 2.45) is 0 Å². The lowest BCUT2D eigenvalue weighted by Gasteiger charge is -2.13. The molecule has 2 aromatic carbocycles. The van der Waals surface area contributed by atoms with Crippen LogP contribution in [0.4, 0.5) is 0 Å². The highest BCUT2D eigenvalue weighted by molar-refractivity contribution is 7.15. The first-order valence-corrected chi connectivity index (χ1v) is 11.5. The molecule has 0 saturated heterocycles. The van der Waals surface area contributed by atoms with Gasteiger partial charge in [0.25, 0.3) is 5.56 Å². The molecule has 0 N–H and O–H groups in total. The van der Waals surface area contributed by atoms with Crippen LogP contribution in [0.3, 0.4) is 0 Å². The van der Waals surface area contributed by atoms with Crippen LogP contribution in [-0.4, -0.2) is 24.1 Å². The molecule has 0 saturated carbocycles. The van der Waals surface area contributed by atoms with E-state index in [-0.39, 0.29) is 5.56 Å².